The molecule has 3 aromatic rings. The van der Waals surface area contributed by atoms with Crippen LogP contribution in [0.15, 0.2) is 53.9 Å². The summed E-state index contributed by atoms with van der Waals surface area (Å²) in [6.07, 6.45) is 2.23. The Morgan fingerprint density at radius 1 is 1.13 bits per heavy atom. The Labute approximate surface area is 187 Å². The summed E-state index contributed by atoms with van der Waals surface area (Å²) < 4.78 is 0. The molecule has 160 valence electrons. The molecule has 0 bridgehead atoms. The van der Waals surface area contributed by atoms with Gasteiger partial charge in [0.1, 0.15) is 11.0 Å². The van der Waals surface area contributed by atoms with Gasteiger partial charge in [0.15, 0.2) is 0 Å². The minimum Gasteiger partial charge on any atom is -0.354 e. The van der Waals surface area contributed by atoms with Crippen LogP contribution in [0.1, 0.15) is 40.0 Å². The van der Waals surface area contributed by atoms with E-state index in [0.29, 0.717) is 31.5 Å². The molecule has 0 unspecified atom stereocenters. The summed E-state index contributed by atoms with van der Waals surface area (Å²) in [6, 6.07) is 15.4. The van der Waals surface area contributed by atoms with Gasteiger partial charge in [-0.3, -0.25) is 9.59 Å². The minimum atomic E-state index is -0.399. The number of rotatable bonds is 6. The van der Waals surface area contributed by atoms with E-state index in [1.165, 1.54) is 0 Å². The van der Waals surface area contributed by atoms with E-state index in [1.54, 1.807) is 16.2 Å². The van der Waals surface area contributed by atoms with Gasteiger partial charge in [0.05, 0.1) is 5.69 Å². The quantitative estimate of drug-likeness (QED) is 0.627. The third-order valence-electron chi connectivity index (χ3n) is 5.82. The van der Waals surface area contributed by atoms with Crippen molar-refractivity contribution in [3.8, 4) is 10.6 Å². The Balaban J connectivity index is 1.33. The maximum atomic E-state index is 13.0. The number of thiazole rings is 1. The SMILES string of the molecule is Cc1ccc(C(=O)N2CCC[C@@H]2C(=O)NCCc2csc(-c3ccccc3)n2)cc1C. The summed E-state index contributed by atoms with van der Waals surface area (Å²) in [6.45, 7) is 5.16. The molecule has 31 heavy (non-hydrogen) atoms. The number of nitrogens with zero attached hydrogens (tertiary/aromatic N) is 2. The molecule has 1 N–H and O–H groups in total. The number of carbonyl (C=O) groups excluding carboxylic acids is 2. The van der Waals surface area contributed by atoms with Gasteiger partial charge in [-0.1, -0.05) is 36.4 Å². The second-order valence-corrected chi connectivity index (χ2v) is 8.86. The number of benzene rings is 2. The maximum Gasteiger partial charge on any atom is 0.254 e. The minimum absolute atomic E-state index is 0.0623. The molecule has 4 rings (SSSR count). The molecule has 1 fully saturated rings. The van der Waals surface area contributed by atoms with Crippen LogP contribution in [0.4, 0.5) is 0 Å². The second-order valence-electron chi connectivity index (χ2n) is 8.01. The fraction of sp³-hybridized carbons (Fsp3) is 0.320. The maximum absolute atomic E-state index is 13.0. The summed E-state index contributed by atoms with van der Waals surface area (Å²) in [5, 5.41) is 6.04. The number of aryl methyl sites for hydroxylation is 2. The summed E-state index contributed by atoms with van der Waals surface area (Å²) >= 11 is 1.61. The predicted molar refractivity (Wildman–Crippen MR) is 124 cm³/mol. The number of hydrogen-bond acceptors (Lipinski definition) is 4. The third-order valence-corrected chi connectivity index (χ3v) is 6.76. The van der Waals surface area contributed by atoms with Crippen molar-refractivity contribution in [3.05, 3.63) is 76.3 Å². The average molecular weight is 434 g/mol. The lowest BCUT2D eigenvalue weighted by molar-refractivity contribution is -0.124. The first kappa shape index (κ1) is 21.2. The lowest BCUT2D eigenvalue weighted by Crippen LogP contribution is -2.46. The van der Waals surface area contributed by atoms with Gasteiger partial charge in [0.25, 0.3) is 5.91 Å². The number of likely N-dealkylation sites (tertiary alicyclic amines) is 1. The Bertz CT molecular complexity index is 1080. The number of hydrogen-bond donors (Lipinski definition) is 1. The van der Waals surface area contributed by atoms with Gasteiger partial charge < -0.3 is 10.2 Å². The predicted octanol–water partition coefficient (Wildman–Crippen LogP) is 4.39. The molecule has 0 saturated carbocycles. The van der Waals surface area contributed by atoms with E-state index in [0.717, 1.165) is 33.8 Å². The number of aromatic nitrogens is 1. The van der Waals surface area contributed by atoms with E-state index in [1.807, 2.05) is 67.8 Å². The Hall–Kier alpha value is -2.99. The Morgan fingerprint density at radius 3 is 2.71 bits per heavy atom. The van der Waals surface area contributed by atoms with Crippen LogP contribution in [0.25, 0.3) is 10.6 Å². The summed E-state index contributed by atoms with van der Waals surface area (Å²) in [7, 11) is 0. The third kappa shape index (κ3) is 4.85. The number of carbonyl (C=O) groups is 2. The van der Waals surface area contributed by atoms with Crippen molar-refractivity contribution in [2.45, 2.75) is 39.2 Å². The van der Waals surface area contributed by atoms with Crippen molar-refractivity contribution in [1.82, 2.24) is 15.2 Å². The van der Waals surface area contributed by atoms with Crippen LogP contribution in [0.5, 0.6) is 0 Å². The van der Waals surface area contributed by atoms with Crippen LogP contribution in [0.2, 0.25) is 0 Å². The molecule has 2 amide bonds. The highest BCUT2D eigenvalue weighted by molar-refractivity contribution is 7.13. The molecular weight excluding hydrogens is 406 g/mol. The molecule has 1 aliphatic rings. The lowest BCUT2D eigenvalue weighted by atomic mass is 10.1. The molecule has 0 aliphatic carbocycles. The molecule has 6 heteroatoms. The van der Waals surface area contributed by atoms with Crippen LogP contribution in [0.3, 0.4) is 0 Å². The van der Waals surface area contributed by atoms with Crippen molar-refractivity contribution in [1.29, 1.82) is 0 Å². The standard InChI is InChI=1S/C25H27N3O2S/c1-17-10-11-20(15-18(17)2)25(30)28-14-6-9-22(28)23(29)26-13-12-21-16-31-24(27-21)19-7-4-3-5-8-19/h3-5,7-8,10-11,15-16,22H,6,9,12-14H2,1-2H3,(H,26,29)/t22-/m1/s1. The molecule has 2 aromatic carbocycles. The molecule has 1 aliphatic heterocycles. The Morgan fingerprint density at radius 2 is 1.94 bits per heavy atom. The zero-order chi connectivity index (χ0) is 21.8. The molecule has 1 aromatic heterocycles. The van der Waals surface area contributed by atoms with Gasteiger partial charge >= 0.3 is 0 Å². The molecule has 1 saturated heterocycles. The van der Waals surface area contributed by atoms with Crippen LogP contribution in [-0.4, -0.2) is 40.8 Å². The van der Waals surface area contributed by atoms with Crippen LogP contribution in [-0.2, 0) is 11.2 Å². The lowest BCUT2D eigenvalue weighted by Gasteiger charge is -2.24. The normalized spacial score (nSPS) is 15.8. The van der Waals surface area contributed by atoms with Crippen molar-refractivity contribution in [2.24, 2.45) is 0 Å². The van der Waals surface area contributed by atoms with Crippen LogP contribution >= 0.6 is 11.3 Å². The zero-order valence-electron chi connectivity index (χ0n) is 17.9. The van der Waals surface area contributed by atoms with Gasteiger partial charge in [0, 0.05) is 36.0 Å². The zero-order valence-corrected chi connectivity index (χ0v) is 18.7. The molecule has 0 spiro atoms. The monoisotopic (exact) mass is 433 g/mol. The molecular formula is C25H27N3O2S. The average Bonchev–Trinajstić information content (AvgIpc) is 3.46. The van der Waals surface area contributed by atoms with Gasteiger partial charge in [-0.05, 0) is 49.9 Å². The summed E-state index contributed by atoms with van der Waals surface area (Å²) in [4.78, 5) is 32.2. The highest BCUT2D eigenvalue weighted by atomic mass is 32.1. The van der Waals surface area contributed by atoms with E-state index in [4.69, 9.17) is 0 Å². The molecule has 5 nitrogen and oxygen atoms in total. The first-order valence-electron chi connectivity index (χ1n) is 10.7. The number of nitrogens with one attached hydrogen (secondary N) is 1. The number of amides is 2. The van der Waals surface area contributed by atoms with Crippen LogP contribution < -0.4 is 5.32 Å². The Kier molecular flexibility index (Phi) is 6.47. The smallest absolute Gasteiger partial charge is 0.254 e. The molecule has 0 radical (unpaired) electrons. The van der Waals surface area contributed by atoms with Crippen molar-refractivity contribution >= 4 is 23.2 Å². The van der Waals surface area contributed by atoms with Crippen molar-refractivity contribution in [3.63, 3.8) is 0 Å². The first-order valence-corrected chi connectivity index (χ1v) is 11.6. The van der Waals surface area contributed by atoms with E-state index < -0.39 is 6.04 Å². The fourth-order valence-electron chi connectivity index (χ4n) is 3.89. The van der Waals surface area contributed by atoms with E-state index in [2.05, 4.69) is 10.3 Å². The molecule has 2 heterocycles. The van der Waals surface area contributed by atoms with Crippen molar-refractivity contribution < 1.29 is 9.59 Å². The fourth-order valence-corrected chi connectivity index (χ4v) is 4.75. The molecule has 1 atom stereocenters. The highest BCUT2D eigenvalue weighted by Crippen LogP contribution is 2.24. The van der Waals surface area contributed by atoms with Gasteiger partial charge in [-0.25, -0.2) is 4.98 Å². The highest BCUT2D eigenvalue weighted by Gasteiger charge is 2.34. The van der Waals surface area contributed by atoms with Gasteiger partial charge in [-0.15, -0.1) is 11.3 Å². The van der Waals surface area contributed by atoms with E-state index in [-0.39, 0.29) is 11.8 Å². The summed E-state index contributed by atoms with van der Waals surface area (Å²) in [5.41, 5.74) is 4.97. The van der Waals surface area contributed by atoms with Crippen molar-refractivity contribution in [2.75, 3.05) is 13.1 Å². The van der Waals surface area contributed by atoms with Gasteiger partial charge in [0.2, 0.25) is 5.91 Å². The van der Waals surface area contributed by atoms with Gasteiger partial charge in [-0.2, -0.15) is 0 Å². The summed E-state index contributed by atoms with van der Waals surface area (Å²) in [5.74, 6) is -0.138. The largest absolute Gasteiger partial charge is 0.354 e. The van der Waals surface area contributed by atoms with Crippen LogP contribution in [0, 0.1) is 13.8 Å². The first-order chi connectivity index (χ1) is 15.0. The second kappa shape index (κ2) is 9.43. The van der Waals surface area contributed by atoms with E-state index in [9.17, 15) is 9.59 Å². The van der Waals surface area contributed by atoms with E-state index >= 15 is 0 Å². The topological polar surface area (TPSA) is 62.3 Å².